The van der Waals surface area contributed by atoms with E-state index in [1.54, 1.807) is 0 Å². The topological polar surface area (TPSA) is 46.2 Å². The minimum Gasteiger partial charge on any atom is -0.392 e. The van der Waals surface area contributed by atoms with Crippen LogP contribution in [-0.2, 0) is 0 Å². The minimum absolute atomic E-state index is 0.175. The van der Waals surface area contributed by atoms with Crippen LogP contribution in [0.4, 0.5) is 0 Å². The molecule has 3 N–H and O–H groups in total. The van der Waals surface area contributed by atoms with Crippen molar-refractivity contribution in [1.82, 2.24) is 0 Å². The largest absolute Gasteiger partial charge is 0.392 e. The number of hydrogen-bond donors (Lipinski definition) is 2. The van der Waals surface area contributed by atoms with Crippen molar-refractivity contribution in [3.05, 3.63) is 0 Å². The second-order valence-electron chi connectivity index (χ2n) is 4.74. The van der Waals surface area contributed by atoms with Crippen molar-refractivity contribution in [2.45, 2.75) is 52.1 Å². The number of nitrogens with two attached hydrogens (primary N) is 1. The quantitative estimate of drug-likeness (QED) is 0.687. The van der Waals surface area contributed by atoms with Gasteiger partial charge in [0.2, 0.25) is 0 Å². The van der Waals surface area contributed by atoms with Gasteiger partial charge in [-0.15, -0.1) is 0 Å². The molecule has 0 heterocycles. The van der Waals surface area contributed by atoms with Gasteiger partial charge in [0.15, 0.2) is 0 Å². The van der Waals surface area contributed by atoms with E-state index >= 15 is 0 Å². The zero-order valence-electron chi connectivity index (χ0n) is 8.92. The zero-order valence-corrected chi connectivity index (χ0v) is 8.92. The van der Waals surface area contributed by atoms with Gasteiger partial charge in [-0.1, -0.05) is 26.7 Å². The first-order chi connectivity index (χ1) is 6.14. The fourth-order valence-electron chi connectivity index (χ4n) is 2.37. The molecule has 0 amide bonds. The molecule has 0 aliphatic heterocycles. The van der Waals surface area contributed by atoms with Crippen LogP contribution in [0, 0.1) is 11.3 Å². The van der Waals surface area contributed by atoms with E-state index in [0.29, 0.717) is 12.5 Å². The van der Waals surface area contributed by atoms with Gasteiger partial charge in [0.05, 0.1) is 6.10 Å². The number of aliphatic hydroxyl groups excluding tert-OH is 1. The number of aliphatic hydroxyl groups is 1. The van der Waals surface area contributed by atoms with Crippen LogP contribution in [-0.4, -0.2) is 17.8 Å². The van der Waals surface area contributed by atoms with E-state index in [-0.39, 0.29) is 11.5 Å². The monoisotopic (exact) mass is 185 g/mol. The molecule has 1 fully saturated rings. The van der Waals surface area contributed by atoms with Crippen LogP contribution < -0.4 is 5.73 Å². The first-order valence-electron chi connectivity index (χ1n) is 5.52. The van der Waals surface area contributed by atoms with E-state index in [4.69, 9.17) is 5.73 Å². The van der Waals surface area contributed by atoms with Crippen LogP contribution in [0.2, 0.25) is 0 Å². The summed E-state index contributed by atoms with van der Waals surface area (Å²) in [4.78, 5) is 0. The minimum atomic E-state index is -0.175. The lowest BCUT2D eigenvalue weighted by atomic mass is 9.63. The Morgan fingerprint density at radius 1 is 1.46 bits per heavy atom. The van der Waals surface area contributed by atoms with Gasteiger partial charge in [-0.2, -0.15) is 0 Å². The first-order valence-corrected chi connectivity index (χ1v) is 5.52. The maximum Gasteiger partial charge on any atom is 0.0633 e. The summed E-state index contributed by atoms with van der Waals surface area (Å²) in [6.45, 7) is 4.97. The average Bonchev–Trinajstić information content (AvgIpc) is 2.09. The summed E-state index contributed by atoms with van der Waals surface area (Å²) in [6.07, 6.45) is 5.63. The lowest BCUT2D eigenvalue weighted by molar-refractivity contribution is -0.0560. The third-order valence-corrected chi connectivity index (χ3v) is 3.62. The smallest absolute Gasteiger partial charge is 0.0633 e. The van der Waals surface area contributed by atoms with Crippen molar-refractivity contribution in [1.29, 1.82) is 0 Å². The van der Waals surface area contributed by atoms with Gasteiger partial charge in [-0.3, -0.25) is 0 Å². The molecule has 0 saturated heterocycles. The Kier molecular flexibility index (Phi) is 3.74. The third kappa shape index (κ3) is 2.23. The fraction of sp³-hybridized carbons (Fsp3) is 1.00. The van der Waals surface area contributed by atoms with Gasteiger partial charge in [0.1, 0.15) is 0 Å². The van der Waals surface area contributed by atoms with Gasteiger partial charge < -0.3 is 10.8 Å². The standard InChI is InChI=1S/C11H23NO/c1-3-5-9(8-12)10(13)11(2)6-4-7-11/h9-10,13H,3-8,12H2,1-2H3. The molecule has 2 nitrogen and oxygen atoms in total. The Bertz CT molecular complexity index is 154. The molecule has 1 aliphatic rings. The van der Waals surface area contributed by atoms with Gasteiger partial charge >= 0.3 is 0 Å². The molecule has 0 aromatic heterocycles. The lowest BCUT2D eigenvalue weighted by Crippen LogP contribution is -2.45. The summed E-state index contributed by atoms with van der Waals surface area (Å²) in [5, 5.41) is 10.1. The summed E-state index contributed by atoms with van der Waals surface area (Å²) in [6, 6.07) is 0. The molecule has 2 heteroatoms. The molecule has 78 valence electrons. The predicted octanol–water partition coefficient (Wildman–Crippen LogP) is 1.91. The first kappa shape index (κ1) is 11.0. The van der Waals surface area contributed by atoms with E-state index in [2.05, 4.69) is 13.8 Å². The molecular formula is C11H23NO. The molecule has 2 atom stereocenters. The Balaban J connectivity index is 2.47. The van der Waals surface area contributed by atoms with Crippen LogP contribution >= 0.6 is 0 Å². The molecule has 1 aliphatic carbocycles. The van der Waals surface area contributed by atoms with Gasteiger partial charge in [0.25, 0.3) is 0 Å². The molecule has 0 bridgehead atoms. The van der Waals surface area contributed by atoms with Gasteiger partial charge in [-0.05, 0) is 37.1 Å². The molecule has 13 heavy (non-hydrogen) atoms. The molecule has 2 unspecified atom stereocenters. The van der Waals surface area contributed by atoms with E-state index in [1.165, 1.54) is 19.3 Å². The van der Waals surface area contributed by atoms with Crippen molar-refractivity contribution in [3.8, 4) is 0 Å². The lowest BCUT2D eigenvalue weighted by Gasteiger charge is -2.45. The van der Waals surface area contributed by atoms with E-state index in [0.717, 1.165) is 12.8 Å². The summed E-state index contributed by atoms with van der Waals surface area (Å²) in [5.74, 6) is 0.315. The van der Waals surface area contributed by atoms with Crippen molar-refractivity contribution < 1.29 is 5.11 Å². The van der Waals surface area contributed by atoms with Crippen LogP contribution in [0.15, 0.2) is 0 Å². The highest BCUT2D eigenvalue weighted by molar-refractivity contribution is 4.92. The maximum atomic E-state index is 10.1. The van der Waals surface area contributed by atoms with Crippen molar-refractivity contribution >= 4 is 0 Å². The Morgan fingerprint density at radius 2 is 2.08 bits per heavy atom. The molecule has 1 saturated carbocycles. The summed E-state index contributed by atoms with van der Waals surface area (Å²) in [5.41, 5.74) is 5.86. The van der Waals surface area contributed by atoms with Crippen LogP contribution in [0.3, 0.4) is 0 Å². The summed E-state index contributed by atoms with van der Waals surface area (Å²) in [7, 11) is 0. The predicted molar refractivity (Wildman–Crippen MR) is 55.4 cm³/mol. The normalized spacial score (nSPS) is 24.9. The average molecular weight is 185 g/mol. The number of hydrogen-bond acceptors (Lipinski definition) is 2. The summed E-state index contributed by atoms with van der Waals surface area (Å²) >= 11 is 0. The highest BCUT2D eigenvalue weighted by atomic mass is 16.3. The Morgan fingerprint density at radius 3 is 2.38 bits per heavy atom. The maximum absolute atomic E-state index is 10.1. The van der Waals surface area contributed by atoms with Crippen LogP contribution in [0.1, 0.15) is 46.0 Å². The van der Waals surface area contributed by atoms with Gasteiger partial charge in [-0.25, -0.2) is 0 Å². The molecule has 0 spiro atoms. The second kappa shape index (κ2) is 4.43. The zero-order chi connectivity index (χ0) is 9.90. The van der Waals surface area contributed by atoms with E-state index < -0.39 is 0 Å². The Labute approximate surface area is 81.5 Å². The van der Waals surface area contributed by atoms with E-state index in [9.17, 15) is 5.11 Å². The summed E-state index contributed by atoms with van der Waals surface area (Å²) < 4.78 is 0. The molecule has 0 radical (unpaired) electrons. The molecule has 0 aromatic carbocycles. The van der Waals surface area contributed by atoms with Crippen molar-refractivity contribution in [3.63, 3.8) is 0 Å². The SMILES string of the molecule is CCCC(CN)C(O)C1(C)CCC1. The molecule has 1 rings (SSSR count). The molecular weight excluding hydrogens is 162 g/mol. The highest BCUT2D eigenvalue weighted by Crippen LogP contribution is 2.45. The molecule has 0 aromatic rings. The van der Waals surface area contributed by atoms with Crippen LogP contribution in [0.5, 0.6) is 0 Å². The third-order valence-electron chi connectivity index (χ3n) is 3.62. The fourth-order valence-corrected chi connectivity index (χ4v) is 2.37. The van der Waals surface area contributed by atoms with E-state index in [1.807, 2.05) is 0 Å². The van der Waals surface area contributed by atoms with Gasteiger partial charge in [0, 0.05) is 0 Å². The number of rotatable bonds is 5. The highest BCUT2D eigenvalue weighted by Gasteiger charge is 2.41. The Hall–Kier alpha value is -0.0800. The second-order valence-corrected chi connectivity index (χ2v) is 4.74. The van der Waals surface area contributed by atoms with Crippen LogP contribution in [0.25, 0.3) is 0 Å². The van der Waals surface area contributed by atoms with Crippen molar-refractivity contribution in [2.24, 2.45) is 17.1 Å². The van der Waals surface area contributed by atoms with Crippen molar-refractivity contribution in [2.75, 3.05) is 6.54 Å².